The number of benzene rings is 4. The van der Waals surface area contributed by atoms with Crippen LogP contribution in [0.4, 0.5) is 0 Å². The molecule has 0 spiro atoms. The fourth-order valence-corrected chi connectivity index (χ4v) is 4.09. The molecule has 0 aliphatic heterocycles. The Hall–Kier alpha value is -3.72. The predicted octanol–water partition coefficient (Wildman–Crippen LogP) is 6.39. The number of hydrogen-bond acceptors (Lipinski definition) is 2. The Morgan fingerprint density at radius 3 is 2.26 bits per heavy atom. The largest absolute Gasteiger partial charge is 0.508 e. The molecule has 0 aliphatic rings. The number of aromatic nitrogens is 1. The first-order valence-corrected chi connectivity index (χ1v) is 8.93. The van der Waals surface area contributed by atoms with Crippen molar-refractivity contribution in [3.8, 4) is 11.4 Å². The van der Waals surface area contributed by atoms with E-state index in [1.165, 1.54) is 0 Å². The highest BCUT2D eigenvalue weighted by Crippen LogP contribution is 2.36. The minimum Gasteiger partial charge on any atom is -0.508 e. The summed E-state index contributed by atoms with van der Waals surface area (Å²) in [5.74, 6) is 0.279. The molecule has 0 saturated heterocycles. The standard InChI is InChI=1S/C24H15NO2/c26-16-10-11-22-19(14-16)17-5-1-3-7-21(17)25(22)15-9-12-24-20(13-15)18-6-2-4-8-23(18)27-24/h1-14,26H. The van der Waals surface area contributed by atoms with Gasteiger partial charge >= 0.3 is 0 Å². The Kier molecular flexibility index (Phi) is 2.75. The maximum Gasteiger partial charge on any atom is 0.135 e. The highest BCUT2D eigenvalue weighted by Gasteiger charge is 2.14. The lowest BCUT2D eigenvalue weighted by molar-refractivity contribution is 0.476. The number of rotatable bonds is 1. The number of nitrogens with zero attached hydrogens (tertiary/aromatic N) is 1. The first kappa shape index (κ1) is 14.4. The molecule has 0 atom stereocenters. The second kappa shape index (κ2) is 5.15. The number of aromatic hydroxyl groups is 1. The Morgan fingerprint density at radius 2 is 1.33 bits per heavy atom. The van der Waals surface area contributed by atoms with E-state index in [2.05, 4.69) is 34.9 Å². The first-order valence-electron chi connectivity index (χ1n) is 8.93. The van der Waals surface area contributed by atoms with Crippen LogP contribution in [0.1, 0.15) is 0 Å². The lowest BCUT2D eigenvalue weighted by Gasteiger charge is -2.08. The van der Waals surface area contributed by atoms with Crippen molar-refractivity contribution in [3.05, 3.63) is 84.9 Å². The molecule has 0 unspecified atom stereocenters. The van der Waals surface area contributed by atoms with Gasteiger partial charge < -0.3 is 14.1 Å². The van der Waals surface area contributed by atoms with E-state index in [1.54, 1.807) is 6.07 Å². The maximum atomic E-state index is 9.98. The van der Waals surface area contributed by atoms with Gasteiger partial charge in [0.05, 0.1) is 11.0 Å². The average Bonchev–Trinajstić information content (AvgIpc) is 3.23. The molecule has 6 rings (SSSR count). The summed E-state index contributed by atoms with van der Waals surface area (Å²) in [5, 5.41) is 14.4. The molecule has 3 heteroatoms. The highest BCUT2D eigenvalue weighted by molar-refractivity contribution is 6.10. The van der Waals surface area contributed by atoms with Crippen LogP contribution < -0.4 is 0 Å². The molecule has 0 radical (unpaired) electrons. The van der Waals surface area contributed by atoms with E-state index < -0.39 is 0 Å². The SMILES string of the molecule is Oc1ccc2c(c1)c1ccccc1n2-c1ccc2oc3ccccc3c2c1. The van der Waals surface area contributed by atoms with Gasteiger partial charge in [-0.05, 0) is 48.5 Å². The highest BCUT2D eigenvalue weighted by atomic mass is 16.3. The van der Waals surface area contributed by atoms with Gasteiger partial charge in [-0.3, -0.25) is 0 Å². The van der Waals surface area contributed by atoms with Crippen LogP contribution in [0.3, 0.4) is 0 Å². The third kappa shape index (κ3) is 1.97. The number of para-hydroxylation sites is 2. The molecule has 1 N–H and O–H groups in total. The van der Waals surface area contributed by atoms with E-state index in [1.807, 2.05) is 48.5 Å². The van der Waals surface area contributed by atoms with Crippen molar-refractivity contribution < 1.29 is 9.52 Å². The molecule has 27 heavy (non-hydrogen) atoms. The monoisotopic (exact) mass is 349 g/mol. The van der Waals surface area contributed by atoms with Crippen LogP contribution in [0.15, 0.2) is 89.3 Å². The molecule has 2 heterocycles. The van der Waals surface area contributed by atoms with E-state index in [9.17, 15) is 5.11 Å². The van der Waals surface area contributed by atoms with E-state index in [-0.39, 0.29) is 5.75 Å². The Morgan fingerprint density at radius 1 is 0.593 bits per heavy atom. The Bertz CT molecular complexity index is 1490. The van der Waals surface area contributed by atoms with Gasteiger partial charge in [-0.15, -0.1) is 0 Å². The number of phenols is 1. The van der Waals surface area contributed by atoms with Crippen molar-refractivity contribution in [3.63, 3.8) is 0 Å². The van der Waals surface area contributed by atoms with E-state index in [0.717, 1.165) is 49.4 Å². The van der Waals surface area contributed by atoms with Crippen LogP contribution in [-0.2, 0) is 0 Å². The zero-order valence-corrected chi connectivity index (χ0v) is 14.4. The zero-order chi connectivity index (χ0) is 18.0. The van der Waals surface area contributed by atoms with Crippen LogP contribution in [-0.4, -0.2) is 9.67 Å². The summed E-state index contributed by atoms with van der Waals surface area (Å²) in [6.07, 6.45) is 0. The molecule has 0 amide bonds. The van der Waals surface area contributed by atoms with Gasteiger partial charge in [-0.2, -0.15) is 0 Å². The fraction of sp³-hybridized carbons (Fsp3) is 0. The molecule has 6 aromatic rings. The van der Waals surface area contributed by atoms with Crippen molar-refractivity contribution in [2.24, 2.45) is 0 Å². The number of fused-ring (bicyclic) bond motifs is 6. The smallest absolute Gasteiger partial charge is 0.135 e. The van der Waals surface area contributed by atoms with E-state index >= 15 is 0 Å². The molecule has 0 saturated carbocycles. The van der Waals surface area contributed by atoms with Gasteiger partial charge in [0.25, 0.3) is 0 Å². The molecule has 0 fully saturated rings. The van der Waals surface area contributed by atoms with Gasteiger partial charge in [-0.1, -0.05) is 36.4 Å². The third-order valence-corrected chi connectivity index (χ3v) is 5.27. The number of furan rings is 1. The van der Waals surface area contributed by atoms with Gasteiger partial charge in [0.2, 0.25) is 0 Å². The summed E-state index contributed by atoms with van der Waals surface area (Å²) in [6.45, 7) is 0. The average molecular weight is 349 g/mol. The molecule has 3 nitrogen and oxygen atoms in total. The minimum atomic E-state index is 0.279. The predicted molar refractivity (Wildman–Crippen MR) is 110 cm³/mol. The van der Waals surface area contributed by atoms with Crippen LogP contribution >= 0.6 is 0 Å². The summed E-state index contributed by atoms with van der Waals surface area (Å²) in [6, 6.07) is 28.3. The lowest BCUT2D eigenvalue weighted by Crippen LogP contribution is -1.93. The summed E-state index contributed by atoms with van der Waals surface area (Å²) in [7, 11) is 0. The van der Waals surface area contributed by atoms with Crippen LogP contribution in [0, 0.1) is 0 Å². The van der Waals surface area contributed by atoms with Crippen molar-refractivity contribution in [1.82, 2.24) is 4.57 Å². The molecule has 4 aromatic carbocycles. The summed E-state index contributed by atoms with van der Waals surface area (Å²) in [4.78, 5) is 0. The van der Waals surface area contributed by atoms with Crippen molar-refractivity contribution in [2.75, 3.05) is 0 Å². The normalized spacial score (nSPS) is 11.9. The zero-order valence-electron chi connectivity index (χ0n) is 14.4. The van der Waals surface area contributed by atoms with Crippen molar-refractivity contribution >= 4 is 43.7 Å². The van der Waals surface area contributed by atoms with E-state index in [4.69, 9.17) is 4.42 Å². The Labute approximate surface area is 154 Å². The lowest BCUT2D eigenvalue weighted by atomic mass is 10.1. The molecule has 0 bridgehead atoms. The second-order valence-corrected chi connectivity index (χ2v) is 6.83. The minimum absolute atomic E-state index is 0.279. The fourth-order valence-electron chi connectivity index (χ4n) is 4.09. The van der Waals surface area contributed by atoms with Crippen LogP contribution in [0.25, 0.3) is 49.4 Å². The molecule has 128 valence electrons. The topological polar surface area (TPSA) is 38.3 Å². The van der Waals surface area contributed by atoms with Gasteiger partial charge in [0, 0.05) is 27.2 Å². The molecular weight excluding hydrogens is 334 g/mol. The maximum absolute atomic E-state index is 9.98. The molecule has 2 aromatic heterocycles. The second-order valence-electron chi connectivity index (χ2n) is 6.83. The van der Waals surface area contributed by atoms with Gasteiger partial charge in [-0.25, -0.2) is 0 Å². The van der Waals surface area contributed by atoms with Crippen LogP contribution in [0.5, 0.6) is 5.75 Å². The quantitative estimate of drug-likeness (QED) is 0.373. The summed E-state index contributed by atoms with van der Waals surface area (Å²) >= 11 is 0. The van der Waals surface area contributed by atoms with Crippen molar-refractivity contribution in [2.45, 2.75) is 0 Å². The Balaban J connectivity index is 1.75. The number of hydrogen-bond donors (Lipinski definition) is 1. The van der Waals surface area contributed by atoms with Gasteiger partial charge in [0.1, 0.15) is 16.9 Å². The van der Waals surface area contributed by atoms with Crippen LogP contribution in [0.2, 0.25) is 0 Å². The summed E-state index contributed by atoms with van der Waals surface area (Å²) in [5.41, 5.74) is 5.05. The molecule has 0 aliphatic carbocycles. The van der Waals surface area contributed by atoms with Gasteiger partial charge in [0.15, 0.2) is 0 Å². The third-order valence-electron chi connectivity index (χ3n) is 5.27. The summed E-state index contributed by atoms with van der Waals surface area (Å²) < 4.78 is 8.21. The van der Waals surface area contributed by atoms with Crippen molar-refractivity contribution in [1.29, 1.82) is 0 Å². The van der Waals surface area contributed by atoms with E-state index in [0.29, 0.717) is 0 Å². The first-order chi connectivity index (χ1) is 13.3. The molecular formula is C24H15NO2. The number of phenolic OH excluding ortho intramolecular Hbond substituents is 1.